The van der Waals surface area contributed by atoms with Gasteiger partial charge in [-0.15, -0.1) is 0 Å². The van der Waals surface area contributed by atoms with Crippen molar-refractivity contribution in [2.24, 2.45) is 0 Å². The Bertz CT molecular complexity index is 1360. The maximum atomic E-state index is 13.2. The summed E-state index contributed by atoms with van der Waals surface area (Å²) < 4.78 is 2.64. The van der Waals surface area contributed by atoms with Gasteiger partial charge in [-0.25, -0.2) is 9.78 Å². The predicted molar refractivity (Wildman–Crippen MR) is 111 cm³/mol. The molecule has 0 aliphatic carbocycles. The molecule has 6 nitrogen and oxygen atoms in total. The van der Waals surface area contributed by atoms with Gasteiger partial charge in [-0.2, -0.15) is 5.26 Å². The van der Waals surface area contributed by atoms with Crippen molar-refractivity contribution in [2.45, 2.75) is 13.1 Å². The fourth-order valence-corrected chi connectivity index (χ4v) is 3.39. The standard InChI is InChI=1S/C22H15ClN4O2/c23-19-6-2-1-4-17(19)14-27-21(28)18-5-3-11-25-20(18)26(22(27)29)13-16-9-7-15(12-24)8-10-16/h1-11H,13-14H2. The third-order valence-corrected chi connectivity index (χ3v) is 5.06. The van der Waals surface area contributed by atoms with Gasteiger partial charge in [-0.1, -0.05) is 41.9 Å². The van der Waals surface area contributed by atoms with E-state index < -0.39 is 11.2 Å². The highest BCUT2D eigenvalue weighted by molar-refractivity contribution is 6.31. The van der Waals surface area contributed by atoms with E-state index in [4.69, 9.17) is 16.9 Å². The number of nitrogens with zero attached hydrogens (tertiary/aromatic N) is 4. The SMILES string of the molecule is N#Cc1ccc(Cn2c(=O)n(Cc3ccccc3Cl)c(=O)c3cccnc32)cc1. The van der Waals surface area contributed by atoms with Gasteiger partial charge in [0, 0.05) is 11.2 Å². The first-order valence-electron chi connectivity index (χ1n) is 8.89. The van der Waals surface area contributed by atoms with E-state index in [1.54, 1.807) is 60.8 Å². The van der Waals surface area contributed by atoms with Gasteiger partial charge >= 0.3 is 5.69 Å². The molecular weight excluding hydrogens is 388 g/mol. The average Bonchev–Trinajstić information content (AvgIpc) is 2.76. The van der Waals surface area contributed by atoms with Crippen LogP contribution in [0, 0.1) is 11.3 Å². The van der Waals surface area contributed by atoms with Gasteiger partial charge in [-0.3, -0.25) is 13.9 Å². The maximum Gasteiger partial charge on any atom is 0.333 e. The van der Waals surface area contributed by atoms with Crippen LogP contribution in [0.5, 0.6) is 0 Å². The molecule has 0 fully saturated rings. The fraction of sp³-hybridized carbons (Fsp3) is 0.0909. The third-order valence-electron chi connectivity index (χ3n) is 4.69. The number of halogens is 1. The van der Waals surface area contributed by atoms with Crippen LogP contribution in [0.2, 0.25) is 5.02 Å². The summed E-state index contributed by atoms with van der Waals surface area (Å²) in [5.41, 5.74) is 1.48. The molecule has 0 spiro atoms. The van der Waals surface area contributed by atoms with Crippen molar-refractivity contribution in [3.05, 3.63) is 109 Å². The smallest absolute Gasteiger partial charge is 0.273 e. The van der Waals surface area contributed by atoms with Crippen LogP contribution in [0.1, 0.15) is 16.7 Å². The molecule has 0 bridgehead atoms. The summed E-state index contributed by atoms with van der Waals surface area (Å²) in [5, 5.41) is 9.81. The summed E-state index contributed by atoms with van der Waals surface area (Å²) >= 11 is 6.23. The zero-order valence-electron chi connectivity index (χ0n) is 15.2. The number of hydrogen-bond acceptors (Lipinski definition) is 4. The van der Waals surface area contributed by atoms with E-state index in [1.165, 1.54) is 9.13 Å². The van der Waals surface area contributed by atoms with Crippen molar-refractivity contribution in [1.82, 2.24) is 14.1 Å². The summed E-state index contributed by atoms with van der Waals surface area (Å²) in [6.07, 6.45) is 1.55. The highest BCUT2D eigenvalue weighted by atomic mass is 35.5. The first kappa shape index (κ1) is 18.7. The fourth-order valence-electron chi connectivity index (χ4n) is 3.19. The summed E-state index contributed by atoms with van der Waals surface area (Å²) in [7, 11) is 0. The van der Waals surface area contributed by atoms with Gasteiger partial charge in [-0.05, 0) is 41.5 Å². The Labute approximate surface area is 170 Å². The third kappa shape index (κ3) is 3.56. The highest BCUT2D eigenvalue weighted by Gasteiger charge is 2.15. The summed E-state index contributed by atoms with van der Waals surface area (Å²) in [6.45, 7) is 0.288. The Morgan fingerprint density at radius 2 is 1.69 bits per heavy atom. The second-order valence-corrected chi connectivity index (χ2v) is 6.94. The molecule has 2 aromatic heterocycles. The summed E-state index contributed by atoms with van der Waals surface area (Å²) in [4.78, 5) is 30.5. The Morgan fingerprint density at radius 3 is 2.41 bits per heavy atom. The Balaban J connectivity index is 1.89. The molecule has 2 aromatic carbocycles. The Hall–Kier alpha value is -3.69. The lowest BCUT2D eigenvalue weighted by molar-refractivity contribution is 0.631. The second-order valence-electron chi connectivity index (χ2n) is 6.53. The van der Waals surface area contributed by atoms with Crippen molar-refractivity contribution in [1.29, 1.82) is 5.26 Å². The lowest BCUT2D eigenvalue weighted by Crippen LogP contribution is -2.40. The Kier molecular flexibility index (Phi) is 4.98. The largest absolute Gasteiger partial charge is 0.333 e. The van der Waals surface area contributed by atoms with Gasteiger partial charge in [0.15, 0.2) is 0 Å². The van der Waals surface area contributed by atoms with E-state index in [0.717, 1.165) is 5.56 Å². The van der Waals surface area contributed by atoms with Crippen LogP contribution in [0.3, 0.4) is 0 Å². The minimum atomic E-state index is -0.467. The van der Waals surface area contributed by atoms with Crippen molar-refractivity contribution in [3.8, 4) is 6.07 Å². The maximum absolute atomic E-state index is 13.2. The number of nitriles is 1. The first-order valence-corrected chi connectivity index (χ1v) is 9.27. The lowest BCUT2D eigenvalue weighted by Gasteiger charge is -2.14. The van der Waals surface area contributed by atoms with E-state index in [0.29, 0.717) is 27.2 Å². The van der Waals surface area contributed by atoms with E-state index in [2.05, 4.69) is 11.1 Å². The van der Waals surface area contributed by atoms with Crippen LogP contribution in [0.25, 0.3) is 11.0 Å². The first-order chi connectivity index (χ1) is 14.1. The van der Waals surface area contributed by atoms with Gasteiger partial charge in [0.05, 0.1) is 30.1 Å². The molecular formula is C22H15ClN4O2. The minimum absolute atomic E-state index is 0.0650. The van der Waals surface area contributed by atoms with Crippen LogP contribution in [-0.2, 0) is 13.1 Å². The molecule has 142 valence electrons. The number of aromatic nitrogens is 3. The van der Waals surface area contributed by atoms with Crippen molar-refractivity contribution >= 4 is 22.6 Å². The molecule has 0 atom stereocenters. The Morgan fingerprint density at radius 1 is 0.931 bits per heavy atom. The minimum Gasteiger partial charge on any atom is -0.273 e. The molecule has 0 aliphatic rings. The van der Waals surface area contributed by atoms with Crippen LogP contribution < -0.4 is 11.2 Å². The van der Waals surface area contributed by atoms with Gasteiger partial charge in [0.2, 0.25) is 0 Å². The van der Waals surface area contributed by atoms with Gasteiger partial charge < -0.3 is 0 Å². The molecule has 0 N–H and O–H groups in total. The molecule has 4 aromatic rings. The lowest BCUT2D eigenvalue weighted by atomic mass is 10.1. The quantitative estimate of drug-likeness (QED) is 0.525. The number of pyridine rings is 1. The molecule has 4 rings (SSSR count). The van der Waals surface area contributed by atoms with Gasteiger partial charge in [0.25, 0.3) is 5.56 Å². The van der Waals surface area contributed by atoms with Crippen molar-refractivity contribution in [2.75, 3.05) is 0 Å². The zero-order chi connectivity index (χ0) is 20.4. The molecule has 0 saturated heterocycles. The van der Waals surface area contributed by atoms with E-state index in [9.17, 15) is 9.59 Å². The van der Waals surface area contributed by atoms with Crippen LogP contribution in [0.15, 0.2) is 76.4 Å². The molecule has 0 saturated carbocycles. The highest BCUT2D eigenvalue weighted by Crippen LogP contribution is 2.16. The van der Waals surface area contributed by atoms with Crippen LogP contribution >= 0.6 is 11.6 Å². The molecule has 0 unspecified atom stereocenters. The molecule has 0 aliphatic heterocycles. The second kappa shape index (κ2) is 7.74. The van der Waals surface area contributed by atoms with E-state index in [-0.39, 0.29) is 13.1 Å². The van der Waals surface area contributed by atoms with Gasteiger partial charge in [0.1, 0.15) is 5.65 Å². The molecule has 7 heteroatoms. The normalized spacial score (nSPS) is 10.8. The number of rotatable bonds is 4. The topological polar surface area (TPSA) is 80.7 Å². The predicted octanol–water partition coefficient (Wildman–Crippen LogP) is 3.18. The summed E-state index contributed by atoms with van der Waals surface area (Å²) in [5.74, 6) is 0. The molecule has 29 heavy (non-hydrogen) atoms. The van der Waals surface area contributed by atoms with E-state index >= 15 is 0 Å². The average molecular weight is 403 g/mol. The van der Waals surface area contributed by atoms with Crippen LogP contribution in [0.4, 0.5) is 0 Å². The number of fused-ring (bicyclic) bond motifs is 1. The van der Waals surface area contributed by atoms with Crippen LogP contribution in [-0.4, -0.2) is 14.1 Å². The summed E-state index contributed by atoms with van der Waals surface area (Å²) in [6, 6.07) is 19.4. The van der Waals surface area contributed by atoms with Crippen molar-refractivity contribution < 1.29 is 0 Å². The zero-order valence-corrected chi connectivity index (χ0v) is 16.0. The number of hydrogen-bond donors (Lipinski definition) is 0. The van der Waals surface area contributed by atoms with E-state index in [1.807, 2.05) is 6.07 Å². The monoisotopic (exact) mass is 402 g/mol. The molecule has 0 amide bonds. The van der Waals surface area contributed by atoms with Crippen molar-refractivity contribution in [3.63, 3.8) is 0 Å². The molecule has 2 heterocycles. The number of benzene rings is 2. The molecule has 0 radical (unpaired) electrons.